The van der Waals surface area contributed by atoms with Crippen LogP contribution in [0.2, 0.25) is 0 Å². The van der Waals surface area contributed by atoms with Gasteiger partial charge in [-0.05, 0) is 43.5 Å². The first-order chi connectivity index (χ1) is 7.31. The second kappa shape index (κ2) is 4.39. The molecule has 2 nitrogen and oxygen atoms in total. The van der Waals surface area contributed by atoms with Crippen molar-refractivity contribution < 1.29 is 4.74 Å². The Morgan fingerprint density at radius 3 is 2.53 bits per heavy atom. The molecule has 15 heavy (non-hydrogen) atoms. The molecule has 1 fully saturated rings. The van der Waals surface area contributed by atoms with Crippen molar-refractivity contribution in [2.75, 3.05) is 18.6 Å². The van der Waals surface area contributed by atoms with Crippen LogP contribution in [0.15, 0.2) is 36.5 Å². The minimum absolute atomic E-state index is 0.904. The van der Waals surface area contributed by atoms with Crippen LogP contribution in [0.3, 0.4) is 0 Å². The van der Waals surface area contributed by atoms with Crippen molar-refractivity contribution in [2.24, 2.45) is 0 Å². The second-order valence-corrected chi connectivity index (χ2v) is 3.87. The molecular formula is C13H17NO. The highest BCUT2D eigenvalue weighted by Crippen LogP contribution is 2.27. The van der Waals surface area contributed by atoms with Gasteiger partial charge in [-0.1, -0.05) is 6.58 Å². The van der Waals surface area contributed by atoms with Crippen LogP contribution >= 0.6 is 0 Å². The zero-order valence-electron chi connectivity index (χ0n) is 9.20. The fourth-order valence-electron chi connectivity index (χ4n) is 1.97. The number of piperidine rings is 1. The normalized spacial score (nSPS) is 16.6. The minimum Gasteiger partial charge on any atom is -0.497 e. The van der Waals surface area contributed by atoms with Crippen LogP contribution in [0, 0.1) is 0 Å². The van der Waals surface area contributed by atoms with E-state index in [1.807, 2.05) is 12.1 Å². The molecule has 1 aliphatic rings. The number of nitrogens with zero attached hydrogens (tertiary/aromatic N) is 1. The fraction of sp³-hybridized carbons (Fsp3) is 0.385. The molecule has 0 aliphatic carbocycles. The number of methoxy groups -OCH3 is 1. The molecule has 0 atom stereocenters. The lowest BCUT2D eigenvalue weighted by molar-refractivity contribution is 0.415. The molecule has 0 spiro atoms. The summed E-state index contributed by atoms with van der Waals surface area (Å²) >= 11 is 0. The van der Waals surface area contributed by atoms with Gasteiger partial charge in [0.15, 0.2) is 0 Å². The molecular weight excluding hydrogens is 186 g/mol. The third kappa shape index (κ3) is 2.14. The fourth-order valence-corrected chi connectivity index (χ4v) is 1.97. The Bertz CT molecular complexity index is 342. The quantitative estimate of drug-likeness (QED) is 0.732. The third-order valence-corrected chi connectivity index (χ3v) is 2.86. The van der Waals surface area contributed by atoms with Crippen molar-refractivity contribution in [1.82, 2.24) is 0 Å². The van der Waals surface area contributed by atoms with Crippen LogP contribution in [-0.2, 0) is 0 Å². The van der Waals surface area contributed by atoms with Gasteiger partial charge >= 0.3 is 0 Å². The van der Waals surface area contributed by atoms with E-state index in [0.29, 0.717) is 0 Å². The maximum absolute atomic E-state index is 5.14. The van der Waals surface area contributed by atoms with Crippen molar-refractivity contribution >= 4 is 5.69 Å². The highest BCUT2D eigenvalue weighted by molar-refractivity contribution is 5.53. The zero-order chi connectivity index (χ0) is 10.7. The number of benzene rings is 1. The summed E-state index contributed by atoms with van der Waals surface area (Å²) < 4.78 is 5.14. The van der Waals surface area contributed by atoms with Gasteiger partial charge in [-0.15, -0.1) is 0 Å². The van der Waals surface area contributed by atoms with E-state index >= 15 is 0 Å². The zero-order valence-corrected chi connectivity index (χ0v) is 9.20. The Labute approximate surface area is 91.2 Å². The molecule has 0 N–H and O–H groups in total. The van der Waals surface area contributed by atoms with Gasteiger partial charge < -0.3 is 9.64 Å². The van der Waals surface area contributed by atoms with Crippen LogP contribution < -0.4 is 9.64 Å². The summed E-state index contributed by atoms with van der Waals surface area (Å²) in [5, 5.41) is 0. The number of allylic oxidation sites excluding steroid dienone is 1. The van der Waals surface area contributed by atoms with Gasteiger partial charge in [0, 0.05) is 17.9 Å². The molecule has 0 bridgehead atoms. The lowest BCUT2D eigenvalue weighted by Gasteiger charge is -2.31. The number of hydrogen-bond donors (Lipinski definition) is 0. The molecule has 2 heteroatoms. The maximum atomic E-state index is 5.14. The molecule has 2 rings (SSSR count). The first kappa shape index (κ1) is 10.1. The molecule has 0 radical (unpaired) electrons. The van der Waals surface area contributed by atoms with Crippen molar-refractivity contribution in [3.63, 3.8) is 0 Å². The van der Waals surface area contributed by atoms with Gasteiger partial charge in [0.05, 0.1) is 7.11 Å². The highest BCUT2D eigenvalue weighted by Gasteiger charge is 2.14. The van der Waals surface area contributed by atoms with E-state index in [4.69, 9.17) is 4.74 Å². The monoisotopic (exact) mass is 203 g/mol. The first-order valence-corrected chi connectivity index (χ1v) is 5.40. The first-order valence-electron chi connectivity index (χ1n) is 5.40. The van der Waals surface area contributed by atoms with Crippen molar-refractivity contribution in [1.29, 1.82) is 0 Å². The predicted molar refractivity (Wildman–Crippen MR) is 63.3 cm³/mol. The summed E-state index contributed by atoms with van der Waals surface area (Å²) in [6, 6.07) is 8.18. The Balaban J connectivity index is 2.17. The minimum atomic E-state index is 0.904. The molecule has 0 saturated carbocycles. The summed E-state index contributed by atoms with van der Waals surface area (Å²) in [7, 11) is 1.69. The van der Waals surface area contributed by atoms with Gasteiger partial charge in [0.2, 0.25) is 0 Å². The smallest absolute Gasteiger partial charge is 0.119 e. The maximum Gasteiger partial charge on any atom is 0.119 e. The van der Waals surface area contributed by atoms with E-state index in [1.54, 1.807) is 7.11 Å². The third-order valence-electron chi connectivity index (χ3n) is 2.86. The standard InChI is InChI=1S/C13H17NO/c1-11-5-3-4-10-14(11)12-6-8-13(15-2)9-7-12/h6-9H,1,3-5,10H2,2H3. The van der Waals surface area contributed by atoms with E-state index in [0.717, 1.165) is 18.7 Å². The molecule has 1 heterocycles. The topological polar surface area (TPSA) is 12.5 Å². The molecule has 0 aromatic heterocycles. The van der Waals surface area contributed by atoms with Gasteiger partial charge in [-0.3, -0.25) is 0 Å². The summed E-state index contributed by atoms with van der Waals surface area (Å²) in [4.78, 5) is 2.29. The Kier molecular flexibility index (Phi) is 2.95. The molecule has 0 amide bonds. The van der Waals surface area contributed by atoms with Crippen LogP contribution in [-0.4, -0.2) is 13.7 Å². The number of ether oxygens (including phenoxy) is 1. The molecule has 80 valence electrons. The summed E-state index contributed by atoms with van der Waals surface area (Å²) in [6.07, 6.45) is 3.64. The number of hydrogen-bond acceptors (Lipinski definition) is 2. The Morgan fingerprint density at radius 1 is 1.20 bits per heavy atom. The van der Waals surface area contributed by atoms with Gasteiger partial charge in [-0.2, -0.15) is 0 Å². The Morgan fingerprint density at radius 2 is 1.93 bits per heavy atom. The van der Waals surface area contributed by atoms with Gasteiger partial charge in [0.25, 0.3) is 0 Å². The summed E-state index contributed by atoms with van der Waals surface area (Å²) in [5.41, 5.74) is 2.45. The molecule has 1 aromatic carbocycles. The average Bonchev–Trinajstić information content (AvgIpc) is 2.30. The van der Waals surface area contributed by atoms with Gasteiger partial charge in [-0.25, -0.2) is 0 Å². The van der Waals surface area contributed by atoms with Crippen molar-refractivity contribution in [2.45, 2.75) is 19.3 Å². The van der Waals surface area contributed by atoms with Crippen molar-refractivity contribution in [3.8, 4) is 5.75 Å². The lowest BCUT2D eigenvalue weighted by Crippen LogP contribution is -2.26. The van der Waals surface area contributed by atoms with Crippen LogP contribution in [0.1, 0.15) is 19.3 Å². The molecule has 1 aliphatic heterocycles. The molecule has 0 unspecified atom stereocenters. The van der Waals surface area contributed by atoms with Crippen LogP contribution in [0.5, 0.6) is 5.75 Å². The second-order valence-electron chi connectivity index (χ2n) is 3.87. The average molecular weight is 203 g/mol. The van der Waals surface area contributed by atoms with E-state index in [1.165, 1.54) is 24.2 Å². The van der Waals surface area contributed by atoms with Crippen LogP contribution in [0.25, 0.3) is 0 Å². The van der Waals surface area contributed by atoms with Crippen molar-refractivity contribution in [3.05, 3.63) is 36.5 Å². The highest BCUT2D eigenvalue weighted by atomic mass is 16.5. The largest absolute Gasteiger partial charge is 0.497 e. The van der Waals surface area contributed by atoms with E-state index in [2.05, 4.69) is 23.6 Å². The molecule has 1 aromatic rings. The summed E-state index contributed by atoms with van der Waals surface area (Å²) in [6.45, 7) is 5.20. The molecule has 1 saturated heterocycles. The van der Waals surface area contributed by atoms with Crippen LogP contribution in [0.4, 0.5) is 5.69 Å². The van der Waals surface area contributed by atoms with E-state index < -0.39 is 0 Å². The van der Waals surface area contributed by atoms with Gasteiger partial charge in [0.1, 0.15) is 5.75 Å². The summed E-state index contributed by atoms with van der Waals surface area (Å²) in [5.74, 6) is 0.904. The van der Waals surface area contributed by atoms with E-state index in [-0.39, 0.29) is 0 Å². The number of anilines is 1. The van der Waals surface area contributed by atoms with E-state index in [9.17, 15) is 0 Å². The predicted octanol–water partition coefficient (Wildman–Crippen LogP) is 3.20. The lowest BCUT2D eigenvalue weighted by atomic mass is 10.1. The Hall–Kier alpha value is -1.44. The SMILES string of the molecule is C=C1CCCCN1c1ccc(OC)cc1. The number of rotatable bonds is 2.